The number of nitrogens with zero attached hydrogens (tertiary/aromatic N) is 3. The third kappa shape index (κ3) is 2.41. The number of aryl methyl sites for hydroxylation is 2. The number of aromatic nitrogens is 2. The van der Waals surface area contributed by atoms with Crippen molar-refractivity contribution in [1.29, 1.82) is 0 Å². The number of rotatable bonds is 4. The first-order chi connectivity index (χ1) is 9.20. The number of nitrogens with one attached hydrogen (secondary N) is 1. The van der Waals surface area contributed by atoms with Gasteiger partial charge in [-0.15, -0.1) is 0 Å². The summed E-state index contributed by atoms with van der Waals surface area (Å²) in [4.78, 5) is 2.63. The van der Waals surface area contributed by atoms with E-state index in [4.69, 9.17) is 11.6 Å². The summed E-state index contributed by atoms with van der Waals surface area (Å²) in [5, 5.41) is 9.02. The van der Waals surface area contributed by atoms with Crippen molar-refractivity contribution in [2.45, 2.75) is 58.3 Å². The quantitative estimate of drug-likeness (QED) is 0.919. The highest BCUT2D eigenvalue weighted by molar-refractivity contribution is 6.31. The molecular formula is C14H23ClN4. The van der Waals surface area contributed by atoms with Crippen LogP contribution in [0, 0.1) is 6.92 Å². The highest BCUT2D eigenvalue weighted by atomic mass is 35.5. The van der Waals surface area contributed by atoms with Crippen molar-refractivity contribution in [2.24, 2.45) is 0 Å². The molecule has 0 aliphatic carbocycles. The molecule has 2 unspecified atom stereocenters. The molecule has 5 heteroatoms. The van der Waals surface area contributed by atoms with Crippen molar-refractivity contribution < 1.29 is 0 Å². The van der Waals surface area contributed by atoms with Gasteiger partial charge in [-0.05, 0) is 39.7 Å². The van der Waals surface area contributed by atoms with Crippen LogP contribution in [-0.4, -0.2) is 39.9 Å². The minimum Gasteiger partial charge on any atom is -0.307 e. The number of fused-ring (bicyclic) bond motifs is 1. The van der Waals surface area contributed by atoms with Crippen LogP contribution in [0.5, 0.6) is 0 Å². The average molecular weight is 283 g/mol. The van der Waals surface area contributed by atoms with E-state index in [9.17, 15) is 0 Å². The van der Waals surface area contributed by atoms with Crippen LogP contribution in [0.2, 0.25) is 5.02 Å². The van der Waals surface area contributed by atoms with E-state index in [-0.39, 0.29) is 0 Å². The van der Waals surface area contributed by atoms with Crippen LogP contribution in [0.1, 0.15) is 37.6 Å². The molecule has 1 aromatic rings. The van der Waals surface area contributed by atoms with E-state index in [0.717, 1.165) is 35.5 Å². The summed E-state index contributed by atoms with van der Waals surface area (Å²) < 4.78 is 2.02. The predicted molar refractivity (Wildman–Crippen MR) is 77.5 cm³/mol. The molecule has 2 fully saturated rings. The smallest absolute Gasteiger partial charge is 0.0860 e. The maximum atomic E-state index is 6.36. The second kappa shape index (κ2) is 5.43. The minimum absolute atomic E-state index is 0.624. The second-order valence-electron chi connectivity index (χ2n) is 5.68. The van der Waals surface area contributed by atoms with Gasteiger partial charge in [-0.1, -0.05) is 11.6 Å². The van der Waals surface area contributed by atoms with Gasteiger partial charge < -0.3 is 5.32 Å². The van der Waals surface area contributed by atoms with Gasteiger partial charge in [0.15, 0.2) is 0 Å². The minimum atomic E-state index is 0.624. The van der Waals surface area contributed by atoms with Crippen molar-refractivity contribution in [3.63, 3.8) is 0 Å². The lowest BCUT2D eigenvalue weighted by Gasteiger charge is -2.21. The normalized spacial score (nSPS) is 27.1. The summed E-state index contributed by atoms with van der Waals surface area (Å²) in [5.74, 6) is 0. The number of hydrogen-bond donors (Lipinski definition) is 1. The highest BCUT2D eigenvalue weighted by Crippen LogP contribution is 2.28. The molecule has 2 saturated heterocycles. The molecule has 2 aliphatic heterocycles. The van der Waals surface area contributed by atoms with Crippen LogP contribution in [0.4, 0.5) is 0 Å². The lowest BCUT2D eigenvalue weighted by molar-refractivity contribution is 0.297. The number of hydrogen-bond acceptors (Lipinski definition) is 3. The van der Waals surface area contributed by atoms with Gasteiger partial charge in [0, 0.05) is 31.7 Å². The third-order valence-electron chi connectivity index (χ3n) is 4.59. The summed E-state index contributed by atoms with van der Waals surface area (Å²) in [6, 6.07) is 1.37. The first-order valence-corrected chi connectivity index (χ1v) is 7.77. The van der Waals surface area contributed by atoms with Gasteiger partial charge in [-0.3, -0.25) is 9.58 Å². The summed E-state index contributed by atoms with van der Waals surface area (Å²) in [6.07, 6.45) is 3.97. The van der Waals surface area contributed by atoms with Crippen molar-refractivity contribution in [3.8, 4) is 0 Å². The second-order valence-corrected chi connectivity index (χ2v) is 6.06. The van der Waals surface area contributed by atoms with Crippen LogP contribution in [0.25, 0.3) is 0 Å². The summed E-state index contributed by atoms with van der Waals surface area (Å²) in [5.41, 5.74) is 2.08. The highest BCUT2D eigenvalue weighted by Gasteiger charge is 2.36. The Morgan fingerprint density at radius 1 is 1.37 bits per heavy atom. The van der Waals surface area contributed by atoms with Crippen molar-refractivity contribution in [1.82, 2.24) is 20.0 Å². The maximum absolute atomic E-state index is 6.36. The third-order valence-corrected chi connectivity index (χ3v) is 5.08. The van der Waals surface area contributed by atoms with Gasteiger partial charge in [0.05, 0.1) is 16.4 Å². The van der Waals surface area contributed by atoms with Crippen LogP contribution in [0.3, 0.4) is 0 Å². The molecule has 0 spiro atoms. The van der Waals surface area contributed by atoms with Gasteiger partial charge in [0.2, 0.25) is 0 Å². The topological polar surface area (TPSA) is 33.1 Å². The van der Waals surface area contributed by atoms with E-state index in [1.165, 1.54) is 32.4 Å². The van der Waals surface area contributed by atoms with E-state index in [2.05, 4.69) is 22.2 Å². The Labute approximate surface area is 120 Å². The molecule has 0 amide bonds. The van der Waals surface area contributed by atoms with Crippen molar-refractivity contribution in [2.75, 3.05) is 13.1 Å². The van der Waals surface area contributed by atoms with Crippen LogP contribution in [-0.2, 0) is 13.1 Å². The molecule has 2 atom stereocenters. The monoisotopic (exact) mass is 282 g/mol. The van der Waals surface area contributed by atoms with Gasteiger partial charge in [0.1, 0.15) is 0 Å². The predicted octanol–water partition coefficient (Wildman–Crippen LogP) is 2.19. The Hall–Kier alpha value is -0.580. The Bertz CT molecular complexity index is 457. The molecule has 0 radical (unpaired) electrons. The fraction of sp³-hybridized carbons (Fsp3) is 0.786. The fourth-order valence-corrected chi connectivity index (χ4v) is 3.79. The molecule has 2 aliphatic rings. The first-order valence-electron chi connectivity index (χ1n) is 7.40. The molecular weight excluding hydrogens is 260 g/mol. The molecule has 3 heterocycles. The zero-order valence-corrected chi connectivity index (χ0v) is 12.6. The maximum Gasteiger partial charge on any atom is 0.0860 e. The molecule has 0 bridgehead atoms. The van der Waals surface area contributed by atoms with Gasteiger partial charge in [-0.25, -0.2) is 0 Å². The lowest BCUT2D eigenvalue weighted by atomic mass is 10.1. The Kier molecular flexibility index (Phi) is 3.83. The van der Waals surface area contributed by atoms with Crippen molar-refractivity contribution in [3.05, 3.63) is 16.4 Å². The Morgan fingerprint density at radius 2 is 2.21 bits per heavy atom. The van der Waals surface area contributed by atoms with E-state index in [1.807, 2.05) is 11.6 Å². The Morgan fingerprint density at radius 3 is 3.00 bits per heavy atom. The molecule has 106 valence electrons. The van der Waals surface area contributed by atoms with Gasteiger partial charge in [-0.2, -0.15) is 5.10 Å². The van der Waals surface area contributed by atoms with Gasteiger partial charge in [0.25, 0.3) is 0 Å². The van der Waals surface area contributed by atoms with E-state index in [1.54, 1.807) is 0 Å². The summed E-state index contributed by atoms with van der Waals surface area (Å²) >= 11 is 6.36. The SMILES string of the molecule is CCn1nc(C)c(Cl)c1CNC1CCN2CCCC12. The molecule has 4 nitrogen and oxygen atoms in total. The average Bonchev–Trinajstić information content (AvgIpc) is 3.06. The molecule has 0 saturated carbocycles. The standard InChI is InChI=1S/C14H23ClN4/c1-3-19-13(14(15)10(2)17-19)9-16-11-6-8-18-7-4-5-12(11)18/h11-12,16H,3-9H2,1-2H3. The van der Waals surface area contributed by atoms with Gasteiger partial charge >= 0.3 is 0 Å². The fourth-order valence-electron chi connectivity index (χ4n) is 3.59. The first kappa shape index (κ1) is 13.4. The van der Waals surface area contributed by atoms with Crippen LogP contribution >= 0.6 is 11.6 Å². The van der Waals surface area contributed by atoms with Crippen LogP contribution < -0.4 is 5.32 Å². The van der Waals surface area contributed by atoms with Crippen molar-refractivity contribution >= 4 is 11.6 Å². The zero-order valence-electron chi connectivity index (χ0n) is 11.8. The van der Waals surface area contributed by atoms with Crippen LogP contribution in [0.15, 0.2) is 0 Å². The number of halogens is 1. The largest absolute Gasteiger partial charge is 0.307 e. The molecule has 19 heavy (non-hydrogen) atoms. The summed E-state index contributed by atoms with van der Waals surface area (Å²) in [6.45, 7) is 8.35. The van der Waals surface area contributed by atoms with E-state index in [0.29, 0.717) is 6.04 Å². The zero-order chi connectivity index (χ0) is 13.4. The molecule has 3 rings (SSSR count). The Balaban J connectivity index is 1.66. The lowest BCUT2D eigenvalue weighted by Crippen LogP contribution is -2.39. The van der Waals surface area contributed by atoms with E-state index >= 15 is 0 Å². The molecule has 1 aromatic heterocycles. The molecule has 1 N–H and O–H groups in total. The van der Waals surface area contributed by atoms with E-state index < -0.39 is 0 Å². The summed E-state index contributed by atoms with van der Waals surface area (Å²) in [7, 11) is 0. The molecule has 0 aromatic carbocycles.